The molecule has 41 heavy (non-hydrogen) atoms. The Hall–Kier alpha value is -3.61. The van der Waals surface area contributed by atoms with Gasteiger partial charge in [-0.25, -0.2) is 13.2 Å². The van der Waals surface area contributed by atoms with Gasteiger partial charge in [0.15, 0.2) is 11.6 Å². The van der Waals surface area contributed by atoms with Crippen molar-refractivity contribution in [2.24, 2.45) is 0 Å². The average molecular weight is 570 g/mol. The van der Waals surface area contributed by atoms with Gasteiger partial charge >= 0.3 is 0 Å². The van der Waals surface area contributed by atoms with Crippen LogP contribution in [0.3, 0.4) is 0 Å². The minimum Gasteiger partial charge on any atom is -0.494 e. The number of hydrogen-bond donors (Lipinski definition) is 0. The maximum Gasteiger partial charge on any atom is 0.263 e. The fourth-order valence-electron chi connectivity index (χ4n) is 4.73. The van der Waals surface area contributed by atoms with Gasteiger partial charge in [-0.05, 0) is 88.1 Å². The number of benzene rings is 2. The highest BCUT2D eigenvalue weighted by Crippen LogP contribution is 2.35. The minimum absolute atomic E-state index is 0.0635. The smallest absolute Gasteiger partial charge is 0.263 e. The summed E-state index contributed by atoms with van der Waals surface area (Å²) in [5, 5.41) is 0. The molecule has 0 aliphatic heterocycles. The molecule has 0 saturated carbocycles. The van der Waals surface area contributed by atoms with Crippen molar-refractivity contribution in [1.82, 2.24) is 0 Å². The number of anilines is 1. The minimum atomic E-state index is -2.61. The lowest BCUT2D eigenvalue weighted by Crippen LogP contribution is -2.24. The Morgan fingerprint density at radius 1 is 1.05 bits per heavy atom. The van der Waals surface area contributed by atoms with Gasteiger partial charge in [0.05, 0.1) is 12.4 Å². The number of rotatable bonds is 14. The number of allylic oxidation sites excluding steroid dienone is 4. The Labute approximate surface area is 242 Å². The highest BCUT2D eigenvalue weighted by Gasteiger charge is 2.21. The van der Waals surface area contributed by atoms with E-state index < -0.39 is 18.3 Å². The first-order valence-electron chi connectivity index (χ1n) is 14.3. The Morgan fingerprint density at radius 3 is 2.49 bits per heavy atom. The zero-order valence-corrected chi connectivity index (χ0v) is 24.8. The number of halogens is 3. The molecule has 0 saturated heterocycles. The van der Waals surface area contributed by atoms with Crippen LogP contribution in [0.2, 0.25) is 0 Å². The Kier molecular flexibility index (Phi) is 12.0. The molecule has 7 heteroatoms. The van der Waals surface area contributed by atoms with Crippen LogP contribution in [-0.4, -0.2) is 19.3 Å². The first-order chi connectivity index (χ1) is 19.7. The van der Waals surface area contributed by atoms with Crippen molar-refractivity contribution >= 4 is 5.69 Å². The van der Waals surface area contributed by atoms with Crippen LogP contribution in [-0.2, 0) is 16.0 Å². The zero-order chi connectivity index (χ0) is 29.9. The van der Waals surface area contributed by atoms with Gasteiger partial charge in [0.1, 0.15) is 18.0 Å². The molecular formula is C34H42F3NO3. The molecule has 2 aromatic rings. The van der Waals surface area contributed by atoms with E-state index in [9.17, 15) is 13.2 Å². The molecule has 0 aromatic heterocycles. The molecule has 0 spiro atoms. The summed E-state index contributed by atoms with van der Waals surface area (Å²) in [7, 11) is 0. The third-order valence-corrected chi connectivity index (χ3v) is 6.93. The average Bonchev–Trinajstić information content (AvgIpc) is 2.93. The molecule has 2 unspecified atom stereocenters. The SMILES string of the molecule is C=C(C)C(CC)Oc1cc(CN(CC)c2cc(C(F)F)ccc2C(C)O/C2=C/C/C=C(/OCC)C=CC2)ccc1F. The Morgan fingerprint density at radius 2 is 1.83 bits per heavy atom. The molecule has 4 nitrogen and oxygen atoms in total. The number of nitrogens with zero attached hydrogens (tertiary/aromatic N) is 1. The molecule has 0 bridgehead atoms. The third kappa shape index (κ3) is 8.94. The first kappa shape index (κ1) is 31.9. The lowest BCUT2D eigenvalue weighted by atomic mass is 10.0. The Bertz CT molecular complexity index is 1270. The highest BCUT2D eigenvalue weighted by molar-refractivity contribution is 5.57. The van der Waals surface area contributed by atoms with Crippen molar-refractivity contribution in [1.29, 1.82) is 0 Å². The van der Waals surface area contributed by atoms with Crippen molar-refractivity contribution in [2.75, 3.05) is 18.1 Å². The van der Waals surface area contributed by atoms with Crippen molar-refractivity contribution in [3.05, 3.63) is 107 Å². The van der Waals surface area contributed by atoms with E-state index in [0.29, 0.717) is 44.6 Å². The summed E-state index contributed by atoms with van der Waals surface area (Å²) in [5.41, 5.74) is 2.99. The maximum absolute atomic E-state index is 14.6. The predicted molar refractivity (Wildman–Crippen MR) is 160 cm³/mol. The molecule has 1 aliphatic carbocycles. The van der Waals surface area contributed by atoms with Crippen LogP contribution >= 0.6 is 0 Å². The van der Waals surface area contributed by atoms with Crippen LogP contribution < -0.4 is 9.64 Å². The Balaban J connectivity index is 1.89. The van der Waals surface area contributed by atoms with Crippen molar-refractivity contribution < 1.29 is 27.4 Å². The molecule has 0 amide bonds. The van der Waals surface area contributed by atoms with E-state index in [0.717, 1.165) is 28.2 Å². The van der Waals surface area contributed by atoms with E-state index in [2.05, 4.69) is 6.58 Å². The molecule has 0 heterocycles. The number of ether oxygens (including phenoxy) is 3. The van der Waals surface area contributed by atoms with E-state index in [4.69, 9.17) is 14.2 Å². The van der Waals surface area contributed by atoms with Crippen LogP contribution in [0.5, 0.6) is 5.75 Å². The fraction of sp³-hybridized carbons (Fsp3) is 0.412. The molecule has 0 radical (unpaired) electrons. The maximum atomic E-state index is 14.6. The summed E-state index contributed by atoms with van der Waals surface area (Å²) in [4.78, 5) is 2.00. The molecule has 2 aromatic carbocycles. The van der Waals surface area contributed by atoms with Gasteiger partial charge in [0.2, 0.25) is 0 Å². The number of hydrogen-bond acceptors (Lipinski definition) is 4. The van der Waals surface area contributed by atoms with Crippen LogP contribution in [0.1, 0.15) is 83.1 Å². The van der Waals surface area contributed by atoms with Crippen molar-refractivity contribution in [3.63, 3.8) is 0 Å². The third-order valence-electron chi connectivity index (χ3n) is 6.93. The summed E-state index contributed by atoms with van der Waals surface area (Å²) < 4.78 is 60.1. The summed E-state index contributed by atoms with van der Waals surface area (Å²) in [5.74, 6) is 1.33. The first-order valence-corrected chi connectivity index (χ1v) is 14.3. The number of alkyl halides is 2. The lowest BCUT2D eigenvalue weighted by molar-refractivity contribution is 0.128. The quantitative estimate of drug-likeness (QED) is 0.212. The van der Waals surface area contributed by atoms with Gasteiger partial charge in [-0.2, -0.15) is 0 Å². The molecule has 222 valence electrons. The monoisotopic (exact) mass is 569 g/mol. The van der Waals surface area contributed by atoms with Gasteiger partial charge in [-0.1, -0.05) is 37.8 Å². The molecule has 0 N–H and O–H groups in total. The van der Waals surface area contributed by atoms with Crippen LogP contribution in [0.4, 0.5) is 18.9 Å². The summed E-state index contributed by atoms with van der Waals surface area (Å²) in [6.07, 6.45) is 6.56. The standard InChI is InChI=1S/C34H42F3NO3/c1-7-32(23(4)5)41-33-20-25(16-19-30(33)35)22-38(8-2)31-21-26(34(36)37)17-18-29(31)24(6)40-28-14-10-12-27(39-9-3)13-11-15-28/h10,12-13,15-21,24,32,34H,4,7-9,11,14,22H2,1-3,5-6H3/b12-10?,27-13+,28-15+. The van der Waals surface area contributed by atoms with Gasteiger partial charge in [0.25, 0.3) is 6.43 Å². The van der Waals surface area contributed by atoms with Crippen LogP contribution in [0.15, 0.2) is 84.4 Å². The topological polar surface area (TPSA) is 30.9 Å². The van der Waals surface area contributed by atoms with Crippen LogP contribution in [0, 0.1) is 5.82 Å². The normalized spacial score (nSPS) is 17.4. The van der Waals surface area contributed by atoms with Gasteiger partial charge < -0.3 is 19.1 Å². The van der Waals surface area contributed by atoms with E-state index in [1.807, 2.05) is 63.8 Å². The van der Waals surface area contributed by atoms with Gasteiger partial charge in [-0.3, -0.25) is 0 Å². The zero-order valence-electron chi connectivity index (χ0n) is 24.8. The molecule has 2 atom stereocenters. The predicted octanol–water partition coefficient (Wildman–Crippen LogP) is 9.76. The lowest BCUT2D eigenvalue weighted by Gasteiger charge is -2.29. The molecule has 3 rings (SSSR count). The van der Waals surface area contributed by atoms with Gasteiger partial charge in [0, 0.05) is 36.3 Å². The van der Waals surface area contributed by atoms with E-state index in [1.165, 1.54) is 18.2 Å². The van der Waals surface area contributed by atoms with E-state index in [-0.39, 0.29) is 17.4 Å². The summed E-state index contributed by atoms with van der Waals surface area (Å²) >= 11 is 0. The molecule has 1 aliphatic rings. The highest BCUT2D eigenvalue weighted by atomic mass is 19.3. The second-order valence-electron chi connectivity index (χ2n) is 10.1. The summed E-state index contributed by atoms with van der Waals surface area (Å²) in [6.45, 7) is 15.1. The van der Waals surface area contributed by atoms with E-state index in [1.54, 1.807) is 18.2 Å². The van der Waals surface area contributed by atoms with Gasteiger partial charge in [-0.15, -0.1) is 0 Å². The van der Waals surface area contributed by atoms with Crippen molar-refractivity contribution in [3.8, 4) is 5.75 Å². The fourth-order valence-corrected chi connectivity index (χ4v) is 4.73. The second-order valence-corrected chi connectivity index (χ2v) is 10.1. The summed E-state index contributed by atoms with van der Waals surface area (Å²) in [6, 6.07) is 9.45. The largest absolute Gasteiger partial charge is 0.494 e. The van der Waals surface area contributed by atoms with Crippen molar-refractivity contribution in [2.45, 2.75) is 79.1 Å². The molecule has 0 fully saturated rings. The molecular weight excluding hydrogens is 527 g/mol. The second kappa shape index (κ2) is 15.4. The van der Waals surface area contributed by atoms with Crippen LogP contribution in [0.25, 0.3) is 0 Å². The van der Waals surface area contributed by atoms with E-state index >= 15 is 0 Å².